The number of nitrogens with one attached hydrogen (secondary N) is 1. The van der Waals surface area contributed by atoms with Gasteiger partial charge in [0.15, 0.2) is 5.75 Å². The minimum Gasteiger partial charge on any atom is -0.478 e. The molecule has 5 nitrogen and oxygen atoms in total. The van der Waals surface area contributed by atoms with Crippen LogP contribution in [-0.2, 0) is 0 Å². The second kappa shape index (κ2) is 7.72. The largest absolute Gasteiger partial charge is 0.478 e. The molecule has 0 aliphatic heterocycles. The lowest BCUT2D eigenvalue weighted by molar-refractivity contribution is 0.0696. The highest BCUT2D eigenvalue weighted by Gasteiger charge is 2.11. The molecule has 0 aromatic heterocycles. The van der Waals surface area contributed by atoms with E-state index >= 15 is 0 Å². The van der Waals surface area contributed by atoms with Crippen molar-refractivity contribution in [3.05, 3.63) is 88.9 Å². The fourth-order valence-corrected chi connectivity index (χ4v) is 2.47. The van der Waals surface area contributed by atoms with Crippen molar-refractivity contribution < 1.29 is 19.4 Å². The van der Waals surface area contributed by atoms with Crippen LogP contribution in [0.3, 0.4) is 0 Å². The molecule has 6 heteroatoms. The fourth-order valence-electron chi connectivity index (χ4n) is 2.28. The van der Waals surface area contributed by atoms with Crippen molar-refractivity contribution >= 4 is 29.2 Å². The first-order valence-electron chi connectivity index (χ1n) is 7.70. The summed E-state index contributed by atoms with van der Waals surface area (Å²) in [6, 6.07) is 19.6. The van der Waals surface area contributed by atoms with Gasteiger partial charge in [0.1, 0.15) is 5.75 Å². The van der Waals surface area contributed by atoms with Crippen LogP contribution in [0.2, 0.25) is 5.02 Å². The molecule has 0 fully saturated rings. The highest BCUT2D eigenvalue weighted by atomic mass is 35.5. The number of rotatable bonds is 5. The van der Waals surface area contributed by atoms with E-state index in [1.165, 1.54) is 12.1 Å². The number of benzene rings is 3. The summed E-state index contributed by atoms with van der Waals surface area (Å²) in [4.78, 5) is 23.3. The molecule has 1 amide bonds. The molecule has 0 atom stereocenters. The van der Waals surface area contributed by atoms with E-state index in [0.29, 0.717) is 27.8 Å². The number of anilines is 1. The van der Waals surface area contributed by atoms with Gasteiger partial charge in [-0.2, -0.15) is 0 Å². The van der Waals surface area contributed by atoms with Gasteiger partial charge in [-0.05, 0) is 54.6 Å². The SMILES string of the molecule is O=C(O)c1ccc(Oc2ccccc2NC(=O)c2cccc(Cl)c2)cc1. The number of halogens is 1. The van der Waals surface area contributed by atoms with Crippen molar-refractivity contribution in [1.29, 1.82) is 0 Å². The summed E-state index contributed by atoms with van der Waals surface area (Å²) >= 11 is 5.92. The van der Waals surface area contributed by atoms with Gasteiger partial charge >= 0.3 is 5.97 Å². The van der Waals surface area contributed by atoms with E-state index in [1.54, 1.807) is 60.7 Å². The van der Waals surface area contributed by atoms with Crippen LogP contribution in [-0.4, -0.2) is 17.0 Å². The molecule has 0 saturated heterocycles. The second-order valence-electron chi connectivity index (χ2n) is 5.39. The number of hydrogen-bond acceptors (Lipinski definition) is 3. The standard InChI is InChI=1S/C20H14ClNO4/c21-15-5-3-4-14(12-15)19(23)22-17-6-1-2-7-18(17)26-16-10-8-13(9-11-16)20(24)25/h1-12H,(H,22,23)(H,24,25). The fraction of sp³-hybridized carbons (Fsp3) is 0. The van der Waals surface area contributed by atoms with Gasteiger partial charge in [-0.25, -0.2) is 4.79 Å². The Morgan fingerprint density at radius 2 is 1.62 bits per heavy atom. The maximum Gasteiger partial charge on any atom is 0.335 e. The zero-order valence-electron chi connectivity index (χ0n) is 13.5. The van der Waals surface area contributed by atoms with E-state index in [-0.39, 0.29) is 11.5 Å². The van der Waals surface area contributed by atoms with Crippen LogP contribution in [0.1, 0.15) is 20.7 Å². The summed E-state index contributed by atoms with van der Waals surface area (Å²) in [6.45, 7) is 0. The van der Waals surface area contributed by atoms with Gasteiger partial charge in [0.05, 0.1) is 11.3 Å². The molecule has 0 unspecified atom stereocenters. The van der Waals surface area contributed by atoms with E-state index in [0.717, 1.165) is 0 Å². The normalized spacial score (nSPS) is 10.2. The van der Waals surface area contributed by atoms with Crippen molar-refractivity contribution in [2.75, 3.05) is 5.32 Å². The van der Waals surface area contributed by atoms with Gasteiger partial charge in [-0.1, -0.05) is 29.8 Å². The highest BCUT2D eigenvalue weighted by molar-refractivity contribution is 6.31. The van der Waals surface area contributed by atoms with E-state index in [2.05, 4.69) is 5.32 Å². The summed E-state index contributed by atoms with van der Waals surface area (Å²) in [6.07, 6.45) is 0. The van der Waals surface area contributed by atoms with Crippen LogP contribution in [0, 0.1) is 0 Å². The van der Waals surface area contributed by atoms with Crippen LogP contribution in [0.4, 0.5) is 5.69 Å². The number of para-hydroxylation sites is 2. The Kier molecular flexibility index (Phi) is 5.20. The first-order valence-corrected chi connectivity index (χ1v) is 8.08. The Bertz CT molecular complexity index is 954. The number of ether oxygens (including phenoxy) is 1. The predicted octanol–water partition coefficient (Wildman–Crippen LogP) is 5.08. The Labute approximate surface area is 154 Å². The maximum absolute atomic E-state index is 12.4. The van der Waals surface area contributed by atoms with E-state index in [4.69, 9.17) is 21.4 Å². The number of carbonyl (C=O) groups excluding carboxylic acids is 1. The molecular weight excluding hydrogens is 354 g/mol. The number of aromatic carboxylic acids is 1. The van der Waals surface area contributed by atoms with Gasteiger partial charge in [-0.15, -0.1) is 0 Å². The molecular formula is C20H14ClNO4. The van der Waals surface area contributed by atoms with E-state index in [1.807, 2.05) is 0 Å². The third-order valence-corrected chi connectivity index (χ3v) is 3.79. The van der Waals surface area contributed by atoms with Crippen molar-refractivity contribution in [3.8, 4) is 11.5 Å². The van der Waals surface area contributed by atoms with Gasteiger partial charge in [0.2, 0.25) is 0 Å². The molecule has 3 aromatic carbocycles. The summed E-state index contributed by atoms with van der Waals surface area (Å²) in [5.74, 6) is -0.430. The quantitative estimate of drug-likeness (QED) is 0.659. The molecule has 3 rings (SSSR count). The monoisotopic (exact) mass is 367 g/mol. The van der Waals surface area contributed by atoms with Crippen molar-refractivity contribution in [1.82, 2.24) is 0 Å². The first kappa shape index (κ1) is 17.5. The maximum atomic E-state index is 12.4. The molecule has 3 aromatic rings. The van der Waals surface area contributed by atoms with E-state index < -0.39 is 5.97 Å². The average Bonchev–Trinajstić information content (AvgIpc) is 2.64. The predicted molar refractivity (Wildman–Crippen MR) is 99.3 cm³/mol. The number of hydrogen-bond donors (Lipinski definition) is 2. The number of amides is 1. The molecule has 130 valence electrons. The Morgan fingerprint density at radius 3 is 2.31 bits per heavy atom. The second-order valence-corrected chi connectivity index (χ2v) is 5.83. The molecule has 26 heavy (non-hydrogen) atoms. The summed E-state index contributed by atoms with van der Waals surface area (Å²) in [5.41, 5.74) is 1.08. The van der Waals surface area contributed by atoms with Crippen molar-refractivity contribution in [3.63, 3.8) is 0 Å². The minimum absolute atomic E-state index is 0.167. The average molecular weight is 368 g/mol. The van der Waals surface area contributed by atoms with Crippen LogP contribution in [0.15, 0.2) is 72.8 Å². The minimum atomic E-state index is -1.01. The number of carboxylic acids is 1. The molecule has 2 N–H and O–H groups in total. The van der Waals surface area contributed by atoms with Crippen LogP contribution in [0.5, 0.6) is 11.5 Å². The zero-order valence-corrected chi connectivity index (χ0v) is 14.2. The lowest BCUT2D eigenvalue weighted by atomic mass is 10.2. The van der Waals surface area contributed by atoms with Gasteiger partial charge in [0.25, 0.3) is 5.91 Å². The summed E-state index contributed by atoms with van der Waals surface area (Å²) < 4.78 is 5.77. The molecule has 0 heterocycles. The molecule has 0 radical (unpaired) electrons. The van der Waals surface area contributed by atoms with Crippen LogP contribution >= 0.6 is 11.6 Å². The van der Waals surface area contributed by atoms with Crippen molar-refractivity contribution in [2.45, 2.75) is 0 Å². The Balaban J connectivity index is 1.79. The Hall–Kier alpha value is -3.31. The molecule has 0 bridgehead atoms. The molecule has 0 spiro atoms. The third kappa shape index (κ3) is 4.20. The number of carbonyl (C=O) groups is 2. The third-order valence-electron chi connectivity index (χ3n) is 3.55. The topological polar surface area (TPSA) is 75.6 Å². The van der Waals surface area contributed by atoms with E-state index in [9.17, 15) is 9.59 Å². The van der Waals surface area contributed by atoms with Crippen LogP contribution in [0.25, 0.3) is 0 Å². The van der Waals surface area contributed by atoms with Crippen LogP contribution < -0.4 is 10.1 Å². The smallest absolute Gasteiger partial charge is 0.335 e. The molecule has 0 aliphatic rings. The van der Waals surface area contributed by atoms with Gasteiger partial charge < -0.3 is 15.2 Å². The Morgan fingerprint density at radius 1 is 0.885 bits per heavy atom. The number of carboxylic acid groups (broad SMARTS) is 1. The lowest BCUT2D eigenvalue weighted by Crippen LogP contribution is -2.12. The molecule has 0 saturated carbocycles. The summed E-state index contributed by atoms with van der Waals surface area (Å²) in [7, 11) is 0. The zero-order chi connectivity index (χ0) is 18.5. The van der Waals surface area contributed by atoms with Gasteiger partial charge in [0, 0.05) is 10.6 Å². The highest BCUT2D eigenvalue weighted by Crippen LogP contribution is 2.30. The van der Waals surface area contributed by atoms with Crippen molar-refractivity contribution in [2.24, 2.45) is 0 Å². The molecule has 0 aliphatic carbocycles. The van der Waals surface area contributed by atoms with Gasteiger partial charge in [-0.3, -0.25) is 4.79 Å². The summed E-state index contributed by atoms with van der Waals surface area (Å²) in [5, 5.41) is 12.2. The lowest BCUT2D eigenvalue weighted by Gasteiger charge is -2.12. The first-order chi connectivity index (χ1) is 12.5.